The summed E-state index contributed by atoms with van der Waals surface area (Å²) in [5.74, 6) is 3.20. The Labute approximate surface area is 350 Å². The first kappa shape index (κ1) is 36.7. The van der Waals surface area contributed by atoms with Gasteiger partial charge in [0.15, 0.2) is 0 Å². The second kappa shape index (κ2) is 14.9. The van der Waals surface area contributed by atoms with Gasteiger partial charge in [-0.05, 0) is 167 Å². The highest BCUT2D eigenvalue weighted by atomic mass is 16.5. The first-order valence-electron chi connectivity index (χ1n) is 20.0. The highest BCUT2D eigenvalue weighted by Gasteiger charge is 2.50. The molecule has 0 fully saturated rings. The molecule has 7 heteroatoms. The van der Waals surface area contributed by atoms with Gasteiger partial charge in [-0.15, -0.1) is 0 Å². The van der Waals surface area contributed by atoms with Gasteiger partial charge in [0, 0.05) is 45.5 Å². The lowest BCUT2D eigenvalue weighted by molar-refractivity contribution is 0.414. The summed E-state index contributed by atoms with van der Waals surface area (Å²) >= 11 is 0. The van der Waals surface area contributed by atoms with E-state index in [-0.39, 0.29) is 0 Å². The fourth-order valence-electron chi connectivity index (χ4n) is 9.11. The predicted octanol–water partition coefficient (Wildman–Crippen LogP) is 13.1. The third-order valence-corrected chi connectivity index (χ3v) is 11.9. The summed E-state index contributed by atoms with van der Waals surface area (Å²) in [5.41, 5.74) is 14.8. The number of methoxy groups -OCH3 is 4. The van der Waals surface area contributed by atoms with E-state index in [1.807, 2.05) is 48.5 Å². The average molecular weight is 786 g/mol. The average Bonchev–Trinajstić information content (AvgIpc) is 3.59. The molecule has 0 bridgehead atoms. The Morgan fingerprint density at radius 1 is 0.333 bits per heavy atom. The van der Waals surface area contributed by atoms with Crippen LogP contribution in [0, 0.1) is 0 Å². The summed E-state index contributed by atoms with van der Waals surface area (Å²) in [5, 5.41) is 3.81. The number of fused-ring (bicyclic) bond motifs is 9. The van der Waals surface area contributed by atoms with Gasteiger partial charge in [-0.25, -0.2) is 0 Å². The first-order chi connectivity index (χ1) is 29.5. The molecule has 294 valence electrons. The first-order valence-corrected chi connectivity index (χ1v) is 20.0. The van der Waals surface area contributed by atoms with Crippen LogP contribution in [0.15, 0.2) is 182 Å². The van der Waals surface area contributed by atoms with Crippen molar-refractivity contribution >= 4 is 45.5 Å². The molecule has 1 heterocycles. The SMILES string of the molecule is COc1ccc(N(c2ccc(OC)cc2)c2ccc3c(c2)C2(c4ccccc4Nc4ccccc42)c2cc(N(c4ccc(OC)cc4)c4ccc(OC)cc4)ccc2-3)cc1. The molecule has 0 atom stereocenters. The number of nitrogens with one attached hydrogen (secondary N) is 1. The van der Waals surface area contributed by atoms with Crippen LogP contribution in [0.4, 0.5) is 45.5 Å². The molecule has 0 amide bonds. The van der Waals surface area contributed by atoms with Crippen molar-refractivity contribution in [3.63, 3.8) is 0 Å². The molecule has 60 heavy (non-hydrogen) atoms. The normalized spacial score (nSPS) is 12.6. The maximum Gasteiger partial charge on any atom is 0.119 e. The summed E-state index contributed by atoms with van der Waals surface area (Å²) in [6.45, 7) is 0. The Bertz CT molecular complexity index is 2550. The van der Waals surface area contributed by atoms with Crippen LogP contribution in [-0.2, 0) is 5.41 Å². The van der Waals surface area contributed by atoms with Crippen LogP contribution in [0.3, 0.4) is 0 Å². The van der Waals surface area contributed by atoms with Crippen molar-refractivity contribution < 1.29 is 18.9 Å². The van der Waals surface area contributed by atoms with E-state index < -0.39 is 5.41 Å². The Kier molecular flexibility index (Phi) is 9.14. The fraction of sp³-hybridized carbons (Fsp3) is 0.0943. The van der Waals surface area contributed by atoms with Crippen LogP contribution in [0.1, 0.15) is 22.3 Å². The van der Waals surface area contributed by atoms with Gasteiger partial charge in [0.2, 0.25) is 0 Å². The van der Waals surface area contributed by atoms with Crippen LogP contribution in [0.25, 0.3) is 11.1 Å². The maximum absolute atomic E-state index is 5.58. The smallest absolute Gasteiger partial charge is 0.119 e. The molecule has 2 aliphatic rings. The van der Waals surface area contributed by atoms with Crippen LogP contribution in [0.5, 0.6) is 23.0 Å². The molecule has 0 saturated carbocycles. The molecule has 8 aromatic carbocycles. The molecule has 0 aromatic heterocycles. The second-order valence-electron chi connectivity index (χ2n) is 14.9. The van der Waals surface area contributed by atoms with Gasteiger partial charge in [-0.3, -0.25) is 0 Å². The van der Waals surface area contributed by atoms with Crippen molar-refractivity contribution in [3.05, 3.63) is 204 Å². The minimum absolute atomic E-state index is 0.675. The van der Waals surface area contributed by atoms with E-state index in [4.69, 9.17) is 18.9 Å². The number of benzene rings is 8. The van der Waals surface area contributed by atoms with E-state index in [1.54, 1.807) is 28.4 Å². The molecule has 0 saturated heterocycles. The standard InChI is InChI=1S/C53H43N3O4/c1-57-41-23-13-35(14-24-41)55(36-15-25-42(58-2)26-16-36)39-21-31-45-46-32-22-40(56(37-17-27-43(59-3)28-18-37)38-19-29-44(60-4)30-20-38)34-50(46)53(49(45)33-39)47-9-5-7-11-51(47)54-52-12-8-6-10-48(52)53/h5-34,54H,1-4H3. The van der Waals surface area contributed by atoms with Crippen molar-refractivity contribution in [1.82, 2.24) is 0 Å². The van der Waals surface area contributed by atoms with Crippen LogP contribution >= 0.6 is 0 Å². The van der Waals surface area contributed by atoms with E-state index in [2.05, 4.69) is 149 Å². The molecule has 1 spiro atoms. The molecule has 8 aromatic rings. The molecule has 1 aliphatic carbocycles. The van der Waals surface area contributed by atoms with Gasteiger partial charge >= 0.3 is 0 Å². The van der Waals surface area contributed by atoms with Gasteiger partial charge in [0.25, 0.3) is 0 Å². The molecule has 0 radical (unpaired) electrons. The molecule has 1 aliphatic heterocycles. The molecule has 1 N–H and O–H groups in total. The predicted molar refractivity (Wildman–Crippen MR) is 243 cm³/mol. The minimum atomic E-state index is -0.675. The summed E-state index contributed by atoms with van der Waals surface area (Å²) in [4.78, 5) is 4.60. The molecule has 0 unspecified atom stereocenters. The van der Waals surface area contributed by atoms with Gasteiger partial charge in [-0.2, -0.15) is 0 Å². The Hall–Kier alpha value is -7.64. The molecular weight excluding hydrogens is 743 g/mol. The number of hydrogen-bond acceptors (Lipinski definition) is 7. The second-order valence-corrected chi connectivity index (χ2v) is 14.9. The number of para-hydroxylation sites is 2. The highest BCUT2D eigenvalue weighted by molar-refractivity contribution is 5.96. The zero-order valence-corrected chi connectivity index (χ0v) is 33.8. The Morgan fingerprint density at radius 2 is 0.633 bits per heavy atom. The lowest BCUT2D eigenvalue weighted by Gasteiger charge is -2.41. The van der Waals surface area contributed by atoms with Crippen molar-refractivity contribution in [1.29, 1.82) is 0 Å². The lowest BCUT2D eigenvalue weighted by Crippen LogP contribution is -2.33. The van der Waals surface area contributed by atoms with Crippen LogP contribution in [0.2, 0.25) is 0 Å². The van der Waals surface area contributed by atoms with Gasteiger partial charge in [0.05, 0.1) is 33.9 Å². The van der Waals surface area contributed by atoms with Crippen molar-refractivity contribution in [2.75, 3.05) is 43.6 Å². The number of nitrogens with zero attached hydrogens (tertiary/aromatic N) is 2. The summed E-state index contributed by atoms with van der Waals surface area (Å²) in [7, 11) is 6.78. The van der Waals surface area contributed by atoms with E-state index in [0.29, 0.717) is 0 Å². The van der Waals surface area contributed by atoms with Gasteiger partial charge in [-0.1, -0.05) is 48.5 Å². The van der Waals surface area contributed by atoms with Crippen molar-refractivity contribution in [2.45, 2.75) is 5.41 Å². The quantitative estimate of drug-likeness (QED) is 0.148. The Balaban J connectivity index is 1.23. The Morgan fingerprint density at radius 3 is 0.950 bits per heavy atom. The lowest BCUT2D eigenvalue weighted by atomic mass is 9.65. The third-order valence-electron chi connectivity index (χ3n) is 11.9. The number of anilines is 8. The zero-order chi connectivity index (χ0) is 40.8. The van der Waals surface area contributed by atoms with E-state index in [9.17, 15) is 0 Å². The van der Waals surface area contributed by atoms with E-state index in [1.165, 1.54) is 33.4 Å². The largest absolute Gasteiger partial charge is 0.497 e. The van der Waals surface area contributed by atoms with Crippen LogP contribution < -0.4 is 34.1 Å². The monoisotopic (exact) mass is 785 g/mol. The molecule has 7 nitrogen and oxygen atoms in total. The summed E-state index contributed by atoms with van der Waals surface area (Å²) in [6, 6.07) is 64.3. The third kappa shape index (κ3) is 5.89. The van der Waals surface area contributed by atoms with Gasteiger partial charge < -0.3 is 34.1 Å². The van der Waals surface area contributed by atoms with E-state index >= 15 is 0 Å². The summed E-state index contributed by atoms with van der Waals surface area (Å²) < 4.78 is 22.3. The molecular formula is C53H43N3O4. The minimum Gasteiger partial charge on any atom is -0.497 e. The van der Waals surface area contributed by atoms with Crippen molar-refractivity contribution in [2.24, 2.45) is 0 Å². The molecule has 10 rings (SSSR count). The van der Waals surface area contributed by atoms with Crippen molar-refractivity contribution in [3.8, 4) is 34.1 Å². The van der Waals surface area contributed by atoms with Gasteiger partial charge in [0.1, 0.15) is 23.0 Å². The topological polar surface area (TPSA) is 55.4 Å². The number of hydrogen-bond donors (Lipinski definition) is 1. The highest BCUT2D eigenvalue weighted by Crippen LogP contribution is 2.62. The fourth-order valence-corrected chi connectivity index (χ4v) is 9.11. The number of ether oxygens (including phenoxy) is 4. The summed E-state index contributed by atoms with van der Waals surface area (Å²) in [6.07, 6.45) is 0. The zero-order valence-electron chi connectivity index (χ0n) is 33.8. The maximum atomic E-state index is 5.58. The van der Waals surface area contributed by atoms with E-state index in [0.717, 1.165) is 68.5 Å². The number of rotatable bonds is 10. The van der Waals surface area contributed by atoms with Crippen LogP contribution in [-0.4, -0.2) is 28.4 Å².